The van der Waals surface area contributed by atoms with Gasteiger partial charge in [0, 0.05) is 31.7 Å². The number of likely N-dealkylation sites (N-methyl/N-ethyl adjacent to an activating group) is 3. The Hall–Kier alpha value is -0.490. The van der Waals surface area contributed by atoms with Crippen LogP contribution in [-0.4, -0.2) is 62.7 Å². The van der Waals surface area contributed by atoms with Crippen LogP contribution >= 0.6 is 15.9 Å². The summed E-state index contributed by atoms with van der Waals surface area (Å²) in [6.45, 7) is 3.34. The predicted molar refractivity (Wildman–Crippen MR) is 89.2 cm³/mol. The highest BCUT2D eigenvalue weighted by atomic mass is 79.9. The van der Waals surface area contributed by atoms with E-state index < -0.39 is 0 Å². The minimum atomic E-state index is -0.183. The number of hydrogen-bond acceptors (Lipinski definition) is 3. The fraction of sp³-hybridized carbons (Fsp3) is 0.625. The Bertz CT molecular complexity index is 469. The van der Waals surface area contributed by atoms with E-state index in [-0.39, 0.29) is 5.82 Å². The summed E-state index contributed by atoms with van der Waals surface area (Å²) in [5.74, 6) is -0.183. The molecule has 1 aliphatic heterocycles. The van der Waals surface area contributed by atoms with E-state index in [4.69, 9.17) is 0 Å². The molecule has 1 fully saturated rings. The molecular weight excluding hydrogens is 333 g/mol. The van der Waals surface area contributed by atoms with E-state index in [0.29, 0.717) is 16.6 Å². The summed E-state index contributed by atoms with van der Waals surface area (Å²) in [5, 5.41) is 3.39. The average Bonchev–Trinajstić information content (AvgIpc) is 2.46. The highest BCUT2D eigenvalue weighted by Gasteiger charge is 2.25. The summed E-state index contributed by atoms with van der Waals surface area (Å²) < 4.78 is 14.2. The Morgan fingerprint density at radius 1 is 1.38 bits per heavy atom. The van der Waals surface area contributed by atoms with Crippen LogP contribution < -0.4 is 5.32 Å². The van der Waals surface area contributed by atoms with Gasteiger partial charge in [0.15, 0.2) is 0 Å². The van der Waals surface area contributed by atoms with Gasteiger partial charge >= 0.3 is 0 Å². The van der Waals surface area contributed by atoms with Crippen molar-refractivity contribution in [1.29, 1.82) is 0 Å². The van der Waals surface area contributed by atoms with Gasteiger partial charge in [-0.25, -0.2) is 4.39 Å². The van der Waals surface area contributed by atoms with Crippen molar-refractivity contribution in [3.05, 3.63) is 34.1 Å². The van der Waals surface area contributed by atoms with E-state index in [1.807, 2.05) is 13.1 Å². The first-order valence-corrected chi connectivity index (χ1v) is 8.29. The van der Waals surface area contributed by atoms with Gasteiger partial charge in [-0.15, -0.1) is 0 Å². The van der Waals surface area contributed by atoms with Crippen LogP contribution in [0, 0.1) is 5.82 Å². The highest BCUT2D eigenvalue weighted by Crippen LogP contribution is 2.23. The molecule has 0 aliphatic carbocycles. The molecule has 2 rings (SSSR count). The summed E-state index contributed by atoms with van der Waals surface area (Å²) in [6.07, 6.45) is 1.91. The summed E-state index contributed by atoms with van der Waals surface area (Å²) in [6, 6.07) is 6.17. The highest BCUT2D eigenvalue weighted by molar-refractivity contribution is 9.10. The first kappa shape index (κ1) is 16.9. The van der Waals surface area contributed by atoms with E-state index in [9.17, 15) is 4.39 Å². The zero-order valence-corrected chi connectivity index (χ0v) is 14.7. The molecule has 5 heteroatoms. The lowest BCUT2D eigenvalue weighted by Gasteiger charge is -2.39. The Morgan fingerprint density at radius 3 is 2.86 bits per heavy atom. The first-order valence-electron chi connectivity index (χ1n) is 7.50. The minimum Gasteiger partial charge on any atom is -0.317 e. The molecule has 0 radical (unpaired) electrons. The molecule has 1 saturated heterocycles. The third-order valence-corrected chi connectivity index (χ3v) is 5.33. The van der Waals surface area contributed by atoms with Gasteiger partial charge < -0.3 is 15.1 Å². The van der Waals surface area contributed by atoms with Crippen LogP contribution in [-0.2, 0) is 6.42 Å². The molecule has 0 aromatic heterocycles. The standard InChI is InChI=1S/C16H25BrFN3/c1-19-13(9-12-5-4-6-15(18)16(12)17)10-14-11-20(2)7-8-21(14)3/h4-6,13-14,19H,7-11H2,1-3H3. The minimum absolute atomic E-state index is 0.183. The van der Waals surface area contributed by atoms with E-state index in [0.717, 1.165) is 38.0 Å². The SMILES string of the molecule is CNC(Cc1cccc(F)c1Br)CC1CN(C)CCN1C. The lowest BCUT2D eigenvalue weighted by atomic mass is 9.97. The van der Waals surface area contributed by atoms with Gasteiger partial charge in [-0.3, -0.25) is 0 Å². The van der Waals surface area contributed by atoms with Crippen molar-refractivity contribution < 1.29 is 4.39 Å². The first-order chi connectivity index (χ1) is 10.0. The zero-order valence-electron chi connectivity index (χ0n) is 13.1. The zero-order chi connectivity index (χ0) is 15.4. The van der Waals surface area contributed by atoms with Crippen LogP contribution in [0.25, 0.3) is 0 Å². The number of benzene rings is 1. The molecule has 21 heavy (non-hydrogen) atoms. The van der Waals surface area contributed by atoms with Crippen molar-refractivity contribution in [2.45, 2.75) is 24.9 Å². The Morgan fingerprint density at radius 2 is 2.14 bits per heavy atom. The van der Waals surface area contributed by atoms with Crippen LogP contribution in [0.15, 0.2) is 22.7 Å². The lowest BCUT2D eigenvalue weighted by Crippen LogP contribution is -2.52. The molecule has 0 spiro atoms. The Kier molecular flexibility index (Phi) is 6.17. The van der Waals surface area contributed by atoms with Crippen molar-refractivity contribution in [2.24, 2.45) is 0 Å². The van der Waals surface area contributed by atoms with Crippen molar-refractivity contribution in [3.63, 3.8) is 0 Å². The van der Waals surface area contributed by atoms with Gasteiger partial charge in [0.25, 0.3) is 0 Å². The largest absolute Gasteiger partial charge is 0.317 e. The fourth-order valence-electron chi connectivity index (χ4n) is 2.96. The summed E-state index contributed by atoms with van der Waals surface area (Å²) >= 11 is 3.36. The summed E-state index contributed by atoms with van der Waals surface area (Å²) in [7, 11) is 6.37. The molecule has 118 valence electrons. The molecule has 3 nitrogen and oxygen atoms in total. The number of piperazine rings is 1. The van der Waals surface area contributed by atoms with Crippen molar-refractivity contribution >= 4 is 15.9 Å². The second-order valence-corrected chi connectivity index (χ2v) is 6.83. The van der Waals surface area contributed by atoms with Gasteiger partial charge in [0.2, 0.25) is 0 Å². The maximum Gasteiger partial charge on any atom is 0.137 e. The van der Waals surface area contributed by atoms with E-state index in [2.05, 4.69) is 45.1 Å². The van der Waals surface area contributed by atoms with Crippen LogP contribution in [0.5, 0.6) is 0 Å². The summed E-state index contributed by atoms with van der Waals surface area (Å²) in [5.41, 5.74) is 1.03. The number of nitrogens with one attached hydrogen (secondary N) is 1. The molecule has 2 atom stereocenters. The van der Waals surface area contributed by atoms with E-state index in [1.54, 1.807) is 6.07 Å². The molecule has 2 unspecified atom stereocenters. The number of rotatable bonds is 5. The quantitative estimate of drug-likeness (QED) is 0.872. The number of nitrogens with zero attached hydrogens (tertiary/aromatic N) is 2. The predicted octanol–water partition coefficient (Wildman–Crippen LogP) is 2.35. The van der Waals surface area contributed by atoms with Crippen LogP contribution in [0.2, 0.25) is 0 Å². The van der Waals surface area contributed by atoms with Crippen LogP contribution in [0.1, 0.15) is 12.0 Å². The van der Waals surface area contributed by atoms with Gasteiger partial charge in [-0.05, 0) is 61.5 Å². The van der Waals surface area contributed by atoms with Crippen molar-refractivity contribution in [1.82, 2.24) is 15.1 Å². The van der Waals surface area contributed by atoms with E-state index in [1.165, 1.54) is 6.07 Å². The van der Waals surface area contributed by atoms with Gasteiger partial charge in [-0.1, -0.05) is 12.1 Å². The molecule has 1 N–H and O–H groups in total. The maximum atomic E-state index is 13.6. The van der Waals surface area contributed by atoms with Crippen molar-refractivity contribution in [3.8, 4) is 0 Å². The molecule has 0 bridgehead atoms. The summed E-state index contributed by atoms with van der Waals surface area (Å²) in [4.78, 5) is 4.82. The van der Waals surface area contributed by atoms with E-state index >= 15 is 0 Å². The Labute approximate surface area is 135 Å². The van der Waals surface area contributed by atoms with Gasteiger partial charge in [-0.2, -0.15) is 0 Å². The van der Waals surface area contributed by atoms with Crippen LogP contribution in [0.4, 0.5) is 4.39 Å². The molecular formula is C16H25BrFN3. The molecule has 0 amide bonds. The third kappa shape index (κ3) is 4.49. The average molecular weight is 358 g/mol. The topological polar surface area (TPSA) is 18.5 Å². The maximum absolute atomic E-state index is 13.6. The monoisotopic (exact) mass is 357 g/mol. The number of hydrogen-bond donors (Lipinski definition) is 1. The second kappa shape index (κ2) is 7.68. The Balaban J connectivity index is 2.01. The van der Waals surface area contributed by atoms with Gasteiger partial charge in [0.05, 0.1) is 4.47 Å². The second-order valence-electron chi connectivity index (χ2n) is 6.04. The fourth-order valence-corrected chi connectivity index (χ4v) is 3.39. The molecule has 1 heterocycles. The molecule has 0 saturated carbocycles. The lowest BCUT2D eigenvalue weighted by molar-refractivity contribution is 0.102. The third-order valence-electron chi connectivity index (χ3n) is 4.44. The normalized spacial score (nSPS) is 22.4. The number of halogens is 2. The van der Waals surface area contributed by atoms with Crippen LogP contribution in [0.3, 0.4) is 0 Å². The van der Waals surface area contributed by atoms with Gasteiger partial charge in [0.1, 0.15) is 5.82 Å². The molecule has 1 aromatic rings. The van der Waals surface area contributed by atoms with Crippen molar-refractivity contribution in [2.75, 3.05) is 40.8 Å². The molecule has 1 aliphatic rings. The molecule has 1 aromatic carbocycles. The smallest absolute Gasteiger partial charge is 0.137 e.